The second-order valence-corrected chi connectivity index (χ2v) is 5.22. The Balaban J connectivity index is 1.80. The van der Waals surface area contributed by atoms with Crippen LogP contribution < -0.4 is 14.8 Å². The van der Waals surface area contributed by atoms with Crippen LogP contribution in [0.1, 0.15) is 28.7 Å². The van der Waals surface area contributed by atoms with Crippen molar-refractivity contribution in [2.24, 2.45) is 0 Å². The Bertz CT molecular complexity index is 723. The van der Waals surface area contributed by atoms with Crippen LogP contribution in [-0.2, 0) is 4.74 Å². The van der Waals surface area contributed by atoms with Gasteiger partial charge < -0.3 is 19.5 Å². The molecule has 0 radical (unpaired) electrons. The second-order valence-electron chi connectivity index (χ2n) is 5.22. The van der Waals surface area contributed by atoms with Crippen LogP contribution in [0.5, 0.6) is 11.5 Å². The molecule has 24 heavy (non-hydrogen) atoms. The van der Waals surface area contributed by atoms with E-state index in [-0.39, 0.29) is 23.1 Å². The first-order valence-electron chi connectivity index (χ1n) is 7.33. The molecule has 0 aliphatic carbocycles. The third kappa shape index (κ3) is 3.02. The number of benzene rings is 1. The van der Waals surface area contributed by atoms with Crippen molar-refractivity contribution < 1.29 is 23.4 Å². The maximum Gasteiger partial charge on any atom is 0.254 e. The SMILES string of the molecule is COc1cc(F)c(C(=O)N[C@H]2CCO[C@H]2c2ncn[nH]2)cc1OC. The highest BCUT2D eigenvalue weighted by Gasteiger charge is 2.33. The zero-order chi connectivity index (χ0) is 17.1. The van der Waals surface area contributed by atoms with Crippen LogP contribution in [0.15, 0.2) is 18.5 Å². The molecule has 0 unspecified atom stereocenters. The van der Waals surface area contributed by atoms with Gasteiger partial charge in [0.2, 0.25) is 0 Å². The molecule has 2 N–H and O–H groups in total. The molecular formula is C15H17FN4O4. The molecule has 1 aromatic carbocycles. The number of nitrogens with zero attached hydrogens (tertiary/aromatic N) is 2. The molecule has 128 valence electrons. The summed E-state index contributed by atoms with van der Waals surface area (Å²) in [5.74, 6) is -0.242. The Morgan fingerprint density at radius 1 is 1.38 bits per heavy atom. The third-order valence-corrected chi connectivity index (χ3v) is 3.83. The van der Waals surface area contributed by atoms with Crippen LogP contribution in [-0.4, -0.2) is 48.0 Å². The number of carbonyl (C=O) groups is 1. The van der Waals surface area contributed by atoms with Crippen LogP contribution in [0, 0.1) is 5.82 Å². The molecule has 1 fully saturated rings. The van der Waals surface area contributed by atoms with Crippen molar-refractivity contribution in [3.63, 3.8) is 0 Å². The van der Waals surface area contributed by atoms with Gasteiger partial charge >= 0.3 is 0 Å². The normalized spacial score (nSPS) is 20.0. The maximum absolute atomic E-state index is 14.2. The predicted octanol–water partition coefficient (Wildman–Crippen LogP) is 1.22. The summed E-state index contributed by atoms with van der Waals surface area (Å²) in [6.45, 7) is 0.463. The second kappa shape index (κ2) is 6.83. The van der Waals surface area contributed by atoms with Crippen LogP contribution in [0.3, 0.4) is 0 Å². The van der Waals surface area contributed by atoms with Gasteiger partial charge in [0.05, 0.1) is 25.8 Å². The fourth-order valence-corrected chi connectivity index (χ4v) is 2.63. The fourth-order valence-electron chi connectivity index (χ4n) is 2.63. The van der Waals surface area contributed by atoms with Crippen LogP contribution >= 0.6 is 0 Å². The van der Waals surface area contributed by atoms with Gasteiger partial charge in [-0.1, -0.05) is 0 Å². The molecular weight excluding hydrogens is 319 g/mol. The molecule has 2 heterocycles. The summed E-state index contributed by atoms with van der Waals surface area (Å²) in [7, 11) is 2.82. The molecule has 1 aliphatic heterocycles. The van der Waals surface area contributed by atoms with E-state index in [2.05, 4.69) is 20.5 Å². The molecule has 2 aromatic rings. The zero-order valence-corrected chi connectivity index (χ0v) is 13.2. The minimum absolute atomic E-state index is 0.129. The van der Waals surface area contributed by atoms with E-state index in [9.17, 15) is 9.18 Å². The quantitative estimate of drug-likeness (QED) is 0.852. The Morgan fingerprint density at radius 2 is 2.12 bits per heavy atom. The predicted molar refractivity (Wildman–Crippen MR) is 80.5 cm³/mol. The number of nitrogens with one attached hydrogen (secondary N) is 2. The van der Waals surface area contributed by atoms with Gasteiger partial charge in [0.1, 0.15) is 18.2 Å². The number of H-pyrrole nitrogens is 1. The van der Waals surface area contributed by atoms with Crippen LogP contribution in [0.4, 0.5) is 4.39 Å². The van der Waals surface area contributed by atoms with E-state index in [1.54, 1.807) is 0 Å². The van der Waals surface area contributed by atoms with E-state index in [4.69, 9.17) is 14.2 Å². The van der Waals surface area contributed by atoms with E-state index in [1.807, 2.05) is 0 Å². The Hall–Kier alpha value is -2.68. The standard InChI is InChI=1S/C15H17FN4O4/c1-22-11-5-8(9(16)6-12(11)23-2)15(21)19-10-3-4-24-13(10)14-17-7-18-20-14/h5-7,10,13H,3-4H2,1-2H3,(H,19,21)(H,17,18,20)/t10-,13+/m0/s1. The van der Waals surface area contributed by atoms with E-state index < -0.39 is 17.8 Å². The molecule has 0 spiro atoms. The molecule has 1 saturated heterocycles. The molecule has 1 aliphatic rings. The molecule has 3 rings (SSSR count). The summed E-state index contributed by atoms with van der Waals surface area (Å²) < 4.78 is 29.9. The lowest BCUT2D eigenvalue weighted by atomic mass is 10.1. The van der Waals surface area contributed by atoms with Gasteiger partial charge in [-0.3, -0.25) is 9.89 Å². The number of aromatic amines is 1. The molecule has 1 aromatic heterocycles. The number of ether oxygens (including phenoxy) is 3. The van der Waals surface area contributed by atoms with Crippen molar-refractivity contribution in [1.29, 1.82) is 0 Å². The molecule has 0 bridgehead atoms. The average molecular weight is 336 g/mol. The summed E-state index contributed by atoms with van der Waals surface area (Å²) in [5, 5.41) is 9.27. The summed E-state index contributed by atoms with van der Waals surface area (Å²) in [6.07, 6.45) is 1.51. The van der Waals surface area contributed by atoms with E-state index in [0.717, 1.165) is 6.07 Å². The molecule has 0 saturated carbocycles. The van der Waals surface area contributed by atoms with Crippen molar-refractivity contribution in [1.82, 2.24) is 20.5 Å². The minimum atomic E-state index is -0.694. The number of amides is 1. The highest BCUT2D eigenvalue weighted by atomic mass is 19.1. The van der Waals surface area contributed by atoms with Crippen molar-refractivity contribution in [2.75, 3.05) is 20.8 Å². The molecule has 1 amide bonds. The summed E-state index contributed by atoms with van der Waals surface area (Å²) >= 11 is 0. The fraction of sp³-hybridized carbons (Fsp3) is 0.400. The Kier molecular flexibility index (Phi) is 4.61. The highest BCUT2D eigenvalue weighted by molar-refractivity contribution is 5.95. The van der Waals surface area contributed by atoms with Crippen molar-refractivity contribution in [2.45, 2.75) is 18.6 Å². The van der Waals surface area contributed by atoms with Gasteiger partial charge in [-0.15, -0.1) is 0 Å². The monoisotopic (exact) mass is 336 g/mol. The zero-order valence-electron chi connectivity index (χ0n) is 13.2. The van der Waals surface area contributed by atoms with Crippen molar-refractivity contribution in [3.05, 3.63) is 35.7 Å². The van der Waals surface area contributed by atoms with Gasteiger partial charge in [0.15, 0.2) is 17.3 Å². The number of rotatable bonds is 5. The van der Waals surface area contributed by atoms with E-state index in [1.165, 1.54) is 26.6 Å². The molecule has 9 heteroatoms. The number of carbonyl (C=O) groups excluding carboxylic acids is 1. The first-order chi connectivity index (χ1) is 11.6. The highest BCUT2D eigenvalue weighted by Crippen LogP contribution is 2.31. The van der Waals surface area contributed by atoms with Gasteiger partial charge in [-0.25, -0.2) is 9.37 Å². The number of aromatic nitrogens is 3. The third-order valence-electron chi connectivity index (χ3n) is 3.83. The Labute approximate surface area is 137 Å². The number of methoxy groups -OCH3 is 2. The number of hydrogen-bond donors (Lipinski definition) is 2. The van der Waals surface area contributed by atoms with Crippen LogP contribution in [0.2, 0.25) is 0 Å². The van der Waals surface area contributed by atoms with E-state index >= 15 is 0 Å². The summed E-state index contributed by atoms with van der Waals surface area (Å²) in [5.41, 5.74) is -0.129. The maximum atomic E-state index is 14.2. The Morgan fingerprint density at radius 3 is 2.79 bits per heavy atom. The molecule has 8 nitrogen and oxygen atoms in total. The topological polar surface area (TPSA) is 98.4 Å². The van der Waals surface area contributed by atoms with E-state index in [0.29, 0.717) is 18.9 Å². The van der Waals surface area contributed by atoms with Crippen molar-refractivity contribution in [3.8, 4) is 11.5 Å². The van der Waals surface area contributed by atoms with Gasteiger partial charge in [-0.05, 0) is 12.5 Å². The number of halogens is 1. The molecule has 2 atom stereocenters. The largest absolute Gasteiger partial charge is 0.493 e. The lowest BCUT2D eigenvalue weighted by Crippen LogP contribution is -2.37. The lowest BCUT2D eigenvalue weighted by molar-refractivity contribution is 0.0789. The first kappa shape index (κ1) is 16.2. The van der Waals surface area contributed by atoms with Crippen LogP contribution in [0.25, 0.3) is 0 Å². The summed E-state index contributed by atoms with van der Waals surface area (Å²) in [6, 6.07) is 2.09. The van der Waals surface area contributed by atoms with Gasteiger partial charge in [0.25, 0.3) is 5.91 Å². The first-order valence-corrected chi connectivity index (χ1v) is 7.33. The van der Waals surface area contributed by atoms with Crippen molar-refractivity contribution >= 4 is 5.91 Å². The van der Waals surface area contributed by atoms with Gasteiger partial charge in [-0.2, -0.15) is 5.10 Å². The summed E-state index contributed by atoms with van der Waals surface area (Å²) in [4.78, 5) is 16.5. The minimum Gasteiger partial charge on any atom is -0.493 e. The smallest absolute Gasteiger partial charge is 0.254 e. The average Bonchev–Trinajstić information content (AvgIpc) is 3.25. The van der Waals surface area contributed by atoms with Gasteiger partial charge in [0, 0.05) is 12.7 Å². The number of hydrogen-bond acceptors (Lipinski definition) is 6. The lowest BCUT2D eigenvalue weighted by Gasteiger charge is -2.18.